The zero-order valence-electron chi connectivity index (χ0n) is 8.03. The van der Waals surface area contributed by atoms with Gasteiger partial charge in [0.05, 0.1) is 21.9 Å². The number of benzene rings is 1. The highest BCUT2D eigenvalue weighted by Gasteiger charge is 2.07. The minimum atomic E-state index is 0.644. The molecule has 0 aliphatic rings. The molecule has 0 fully saturated rings. The largest absolute Gasteiger partial charge is 0.360 e. The Balaban J connectivity index is 2.82. The smallest absolute Gasteiger partial charge is 0.101 e. The van der Waals surface area contributed by atoms with Crippen molar-refractivity contribution >= 4 is 34.0 Å². The monoisotopic (exact) mass is 213 g/mol. The van der Waals surface area contributed by atoms with Crippen molar-refractivity contribution in [3.63, 3.8) is 0 Å². The maximum Gasteiger partial charge on any atom is 0.101 e. The summed E-state index contributed by atoms with van der Waals surface area (Å²) in [5, 5.41) is 12.1. The van der Waals surface area contributed by atoms with Crippen molar-refractivity contribution in [2.45, 2.75) is 6.92 Å². The molecule has 1 N–H and O–H groups in total. The van der Waals surface area contributed by atoms with E-state index in [2.05, 4.69) is 33.4 Å². The Morgan fingerprint density at radius 1 is 1.47 bits per heavy atom. The highest BCUT2D eigenvalue weighted by atomic mass is 32.1. The van der Waals surface area contributed by atoms with E-state index in [1.54, 1.807) is 6.20 Å². The molecule has 1 aromatic heterocycles. The summed E-state index contributed by atoms with van der Waals surface area (Å²) >= 11 is 4.57. The Kier molecular flexibility index (Phi) is 2.34. The summed E-state index contributed by atoms with van der Waals surface area (Å²) in [6.07, 6.45) is 1.70. The van der Waals surface area contributed by atoms with Crippen LogP contribution in [-0.2, 0) is 0 Å². The van der Waals surface area contributed by atoms with Crippen LogP contribution in [0.15, 0.2) is 23.3 Å². The van der Waals surface area contributed by atoms with Gasteiger partial charge in [0.2, 0.25) is 0 Å². The molecule has 2 aromatic rings. The lowest BCUT2D eigenvalue weighted by molar-refractivity contribution is 1.39. The summed E-state index contributed by atoms with van der Waals surface area (Å²) in [5.74, 6) is 0. The first-order valence-electron chi connectivity index (χ1n) is 4.36. The first kappa shape index (κ1) is 9.60. The van der Waals surface area contributed by atoms with Gasteiger partial charge >= 0.3 is 0 Å². The molecule has 0 bridgehead atoms. The van der Waals surface area contributed by atoms with Crippen molar-refractivity contribution < 1.29 is 0 Å². The van der Waals surface area contributed by atoms with Gasteiger partial charge in [-0.3, -0.25) is 0 Å². The number of nitriles is 1. The summed E-state index contributed by atoms with van der Waals surface area (Å²) in [5.41, 5.74) is 3.33. The third-order valence-corrected chi connectivity index (χ3v) is 2.47. The average molecular weight is 213 g/mol. The van der Waals surface area contributed by atoms with Crippen molar-refractivity contribution in [2.75, 3.05) is 0 Å². The molecule has 0 aliphatic carbocycles. The highest BCUT2D eigenvalue weighted by Crippen LogP contribution is 2.28. The molecule has 3 nitrogen and oxygen atoms in total. The number of aromatic amines is 1. The normalized spacial score (nSPS) is 9.60. The zero-order chi connectivity index (χ0) is 10.8. The minimum Gasteiger partial charge on any atom is -0.360 e. The second-order valence-corrected chi connectivity index (χ2v) is 3.33. The van der Waals surface area contributed by atoms with Crippen LogP contribution < -0.4 is 0 Å². The Morgan fingerprint density at radius 2 is 2.27 bits per heavy atom. The lowest BCUT2D eigenvalue weighted by Gasteiger charge is -1.99. The molecule has 0 spiro atoms. The van der Waals surface area contributed by atoms with Crippen molar-refractivity contribution in [3.05, 3.63) is 29.5 Å². The quantitative estimate of drug-likeness (QED) is 0.584. The second kappa shape index (κ2) is 3.66. The van der Waals surface area contributed by atoms with E-state index in [0.717, 1.165) is 22.2 Å². The van der Waals surface area contributed by atoms with E-state index in [4.69, 9.17) is 5.26 Å². The number of hydrogen-bond donors (Lipinski definition) is 1. The van der Waals surface area contributed by atoms with E-state index >= 15 is 0 Å². The van der Waals surface area contributed by atoms with Crippen LogP contribution in [0.3, 0.4) is 0 Å². The predicted molar refractivity (Wildman–Crippen MR) is 62.4 cm³/mol. The third-order valence-electron chi connectivity index (χ3n) is 2.37. The van der Waals surface area contributed by atoms with Gasteiger partial charge in [0, 0.05) is 11.6 Å². The van der Waals surface area contributed by atoms with Crippen LogP contribution >= 0.6 is 12.2 Å². The fraction of sp³-hybridized carbons (Fsp3) is 0.0909. The number of fused-ring (bicyclic) bond motifs is 1. The molecular weight excluding hydrogens is 206 g/mol. The molecule has 2 rings (SSSR count). The Morgan fingerprint density at radius 3 is 2.93 bits per heavy atom. The minimum absolute atomic E-state index is 0.644. The molecule has 1 aromatic carbocycles. The molecule has 0 atom stereocenters. The maximum atomic E-state index is 8.87. The van der Waals surface area contributed by atoms with Gasteiger partial charge in [0.25, 0.3) is 0 Å². The van der Waals surface area contributed by atoms with Gasteiger partial charge in [-0.1, -0.05) is 0 Å². The molecule has 0 unspecified atom stereocenters. The summed E-state index contributed by atoms with van der Waals surface area (Å²) in [7, 11) is 0. The van der Waals surface area contributed by atoms with Gasteiger partial charge in [0.15, 0.2) is 0 Å². The van der Waals surface area contributed by atoms with Crippen molar-refractivity contribution in [3.8, 4) is 6.07 Å². The van der Waals surface area contributed by atoms with Crippen LogP contribution in [-0.4, -0.2) is 10.1 Å². The van der Waals surface area contributed by atoms with Gasteiger partial charge in [-0.25, -0.2) is 0 Å². The predicted octanol–water partition coefficient (Wildman–Crippen LogP) is 3.08. The third kappa shape index (κ3) is 1.44. The number of aryl methyl sites for hydroxylation is 1. The number of isothiocyanates is 1. The standard InChI is InChI=1S/C11H7N3S/c1-7-10(14-6-15)3-2-9-8(4-12)5-13-11(7)9/h2-3,5,13H,1H3. The highest BCUT2D eigenvalue weighted by molar-refractivity contribution is 7.78. The number of rotatable bonds is 1. The topological polar surface area (TPSA) is 51.9 Å². The molecule has 1 heterocycles. The number of nitrogens with one attached hydrogen (secondary N) is 1. The lowest BCUT2D eigenvalue weighted by Crippen LogP contribution is -1.78. The Bertz CT molecular complexity index is 613. The first-order valence-corrected chi connectivity index (χ1v) is 4.77. The van der Waals surface area contributed by atoms with Crippen LogP contribution in [0.25, 0.3) is 10.9 Å². The van der Waals surface area contributed by atoms with Crippen LogP contribution in [0, 0.1) is 18.3 Å². The second-order valence-electron chi connectivity index (χ2n) is 3.15. The van der Waals surface area contributed by atoms with Gasteiger partial charge in [-0.15, -0.1) is 0 Å². The summed E-state index contributed by atoms with van der Waals surface area (Å²) < 4.78 is 0. The number of aliphatic imine (C=N–C) groups is 1. The first-order chi connectivity index (χ1) is 7.27. The van der Waals surface area contributed by atoms with Crippen LogP contribution in [0.5, 0.6) is 0 Å². The molecule has 0 saturated carbocycles. The summed E-state index contributed by atoms with van der Waals surface area (Å²) in [6, 6.07) is 5.83. The fourth-order valence-electron chi connectivity index (χ4n) is 1.60. The number of aromatic nitrogens is 1. The lowest BCUT2D eigenvalue weighted by atomic mass is 10.1. The fourth-order valence-corrected chi connectivity index (χ4v) is 1.69. The number of H-pyrrole nitrogens is 1. The van der Waals surface area contributed by atoms with Crippen LogP contribution in [0.2, 0.25) is 0 Å². The summed E-state index contributed by atoms with van der Waals surface area (Å²) in [4.78, 5) is 7.02. The van der Waals surface area contributed by atoms with Crippen molar-refractivity contribution in [2.24, 2.45) is 4.99 Å². The van der Waals surface area contributed by atoms with Gasteiger partial charge < -0.3 is 4.98 Å². The Labute approximate surface area is 92.1 Å². The zero-order valence-corrected chi connectivity index (χ0v) is 8.85. The SMILES string of the molecule is Cc1c(N=C=S)ccc2c(C#N)c[nH]c12. The van der Waals surface area contributed by atoms with Gasteiger partial charge in [0.1, 0.15) is 6.07 Å². The van der Waals surface area contributed by atoms with Gasteiger partial charge in [-0.05, 0) is 36.8 Å². The molecular formula is C11H7N3S. The van der Waals surface area contributed by atoms with E-state index in [9.17, 15) is 0 Å². The van der Waals surface area contributed by atoms with E-state index in [0.29, 0.717) is 5.56 Å². The molecule has 72 valence electrons. The average Bonchev–Trinajstić information content (AvgIpc) is 2.66. The molecule has 0 amide bonds. The van der Waals surface area contributed by atoms with E-state index in [-0.39, 0.29) is 0 Å². The Hall–Kier alpha value is -1.95. The molecule has 4 heteroatoms. The van der Waals surface area contributed by atoms with Crippen LogP contribution in [0.1, 0.15) is 11.1 Å². The summed E-state index contributed by atoms with van der Waals surface area (Å²) in [6.45, 7) is 1.94. The maximum absolute atomic E-state index is 8.87. The number of thiocarbonyl (C=S) groups is 1. The number of nitrogens with zero attached hydrogens (tertiary/aromatic N) is 2. The molecule has 15 heavy (non-hydrogen) atoms. The number of hydrogen-bond acceptors (Lipinski definition) is 3. The molecule has 0 aliphatic heterocycles. The molecule has 0 saturated heterocycles. The van der Waals surface area contributed by atoms with Crippen LogP contribution in [0.4, 0.5) is 5.69 Å². The van der Waals surface area contributed by atoms with E-state index in [1.165, 1.54) is 0 Å². The molecule has 0 radical (unpaired) electrons. The van der Waals surface area contributed by atoms with Gasteiger partial charge in [-0.2, -0.15) is 10.3 Å². The van der Waals surface area contributed by atoms with E-state index < -0.39 is 0 Å². The van der Waals surface area contributed by atoms with Crippen molar-refractivity contribution in [1.29, 1.82) is 5.26 Å². The van der Waals surface area contributed by atoms with E-state index in [1.807, 2.05) is 19.1 Å². The van der Waals surface area contributed by atoms with Crippen molar-refractivity contribution in [1.82, 2.24) is 4.98 Å².